The Morgan fingerprint density at radius 2 is 1.54 bits per heavy atom. The van der Waals surface area contributed by atoms with E-state index in [1.54, 1.807) is 30.3 Å². The summed E-state index contributed by atoms with van der Waals surface area (Å²) in [6.07, 6.45) is 0.768. The minimum absolute atomic E-state index is 0.114. The van der Waals surface area contributed by atoms with E-state index in [1.165, 1.54) is 12.1 Å². The van der Waals surface area contributed by atoms with Crippen LogP contribution in [0.1, 0.15) is 57.4 Å². The molecule has 180 valence electrons. The van der Waals surface area contributed by atoms with Crippen LogP contribution >= 0.6 is 0 Å². The zero-order valence-electron chi connectivity index (χ0n) is 20.0. The number of hydrogen-bond donors (Lipinski definition) is 1. The molecular weight excluding hydrogens is 444 g/mol. The number of carbonyl (C=O) groups is 3. The van der Waals surface area contributed by atoms with Crippen molar-refractivity contribution in [1.29, 1.82) is 0 Å². The highest BCUT2D eigenvalue weighted by atomic mass is 16.5. The van der Waals surface area contributed by atoms with Gasteiger partial charge in [0.2, 0.25) is 0 Å². The fourth-order valence-corrected chi connectivity index (χ4v) is 3.90. The van der Waals surface area contributed by atoms with Crippen LogP contribution in [0.5, 0.6) is 11.5 Å². The number of fused-ring (bicyclic) bond motifs is 1. The maximum absolute atomic E-state index is 13.0. The quantitative estimate of drug-likeness (QED) is 0.459. The number of amides is 3. The molecule has 1 aliphatic rings. The first-order valence-electron chi connectivity index (χ1n) is 11.7. The lowest BCUT2D eigenvalue weighted by molar-refractivity contribution is 0.0923. The van der Waals surface area contributed by atoms with Gasteiger partial charge in [0.15, 0.2) is 0 Å². The molecule has 4 rings (SSSR count). The predicted octanol–water partition coefficient (Wildman–Crippen LogP) is 4.65. The van der Waals surface area contributed by atoms with E-state index in [0.29, 0.717) is 36.6 Å². The summed E-state index contributed by atoms with van der Waals surface area (Å²) in [4.78, 5) is 39.7. The molecule has 7 nitrogen and oxygen atoms in total. The molecule has 3 aromatic rings. The van der Waals surface area contributed by atoms with Gasteiger partial charge in [-0.1, -0.05) is 12.1 Å². The summed E-state index contributed by atoms with van der Waals surface area (Å²) in [7, 11) is 0. The summed E-state index contributed by atoms with van der Waals surface area (Å²) in [5.41, 5.74) is 2.36. The molecule has 1 aliphatic heterocycles. The Kier molecular flexibility index (Phi) is 7.15. The van der Waals surface area contributed by atoms with Gasteiger partial charge in [0, 0.05) is 12.1 Å². The minimum Gasteiger partial charge on any atom is -0.494 e. The molecule has 0 saturated heterocycles. The zero-order valence-corrected chi connectivity index (χ0v) is 20.0. The molecule has 0 radical (unpaired) electrons. The van der Waals surface area contributed by atoms with Crippen LogP contribution in [0.4, 0.5) is 5.69 Å². The predicted molar refractivity (Wildman–Crippen MR) is 133 cm³/mol. The summed E-state index contributed by atoms with van der Waals surface area (Å²) in [6.45, 7) is 6.79. The summed E-state index contributed by atoms with van der Waals surface area (Å²) >= 11 is 0. The first-order chi connectivity index (χ1) is 16.9. The second kappa shape index (κ2) is 10.4. The average molecular weight is 473 g/mol. The molecule has 0 aliphatic carbocycles. The molecule has 0 spiro atoms. The van der Waals surface area contributed by atoms with E-state index in [4.69, 9.17) is 9.47 Å². The van der Waals surface area contributed by atoms with Crippen LogP contribution in [-0.4, -0.2) is 37.0 Å². The fraction of sp³-hybridized carbons (Fsp3) is 0.250. The van der Waals surface area contributed by atoms with Gasteiger partial charge in [-0.05, 0) is 87.4 Å². The van der Waals surface area contributed by atoms with Crippen molar-refractivity contribution in [3.63, 3.8) is 0 Å². The van der Waals surface area contributed by atoms with Gasteiger partial charge in [-0.25, -0.2) is 4.90 Å². The van der Waals surface area contributed by atoms with Gasteiger partial charge >= 0.3 is 0 Å². The van der Waals surface area contributed by atoms with Gasteiger partial charge < -0.3 is 14.8 Å². The Bertz CT molecular complexity index is 1230. The Labute approximate surface area is 204 Å². The lowest BCUT2D eigenvalue weighted by Gasteiger charge is -2.14. The second-order valence-electron chi connectivity index (χ2n) is 8.45. The Balaban J connectivity index is 1.39. The van der Waals surface area contributed by atoms with Crippen molar-refractivity contribution < 1.29 is 23.9 Å². The number of benzene rings is 3. The number of rotatable bonds is 9. The molecule has 3 amide bonds. The number of anilines is 1. The van der Waals surface area contributed by atoms with Crippen LogP contribution in [-0.2, 0) is 6.42 Å². The van der Waals surface area contributed by atoms with Crippen molar-refractivity contribution in [2.24, 2.45) is 0 Å². The van der Waals surface area contributed by atoms with Crippen molar-refractivity contribution in [1.82, 2.24) is 5.32 Å². The highest BCUT2D eigenvalue weighted by Gasteiger charge is 2.37. The maximum Gasteiger partial charge on any atom is 0.266 e. The van der Waals surface area contributed by atoms with Gasteiger partial charge in [0.1, 0.15) is 11.5 Å². The number of carbonyl (C=O) groups excluding carboxylic acids is 3. The van der Waals surface area contributed by atoms with E-state index in [9.17, 15) is 14.4 Å². The van der Waals surface area contributed by atoms with Gasteiger partial charge in [-0.2, -0.15) is 0 Å². The highest BCUT2D eigenvalue weighted by molar-refractivity contribution is 6.34. The molecule has 0 atom stereocenters. The smallest absolute Gasteiger partial charge is 0.266 e. The highest BCUT2D eigenvalue weighted by Crippen LogP contribution is 2.30. The summed E-state index contributed by atoms with van der Waals surface area (Å²) < 4.78 is 11.1. The first kappa shape index (κ1) is 24.0. The molecule has 0 unspecified atom stereocenters. The lowest BCUT2D eigenvalue weighted by Crippen LogP contribution is -2.29. The number of hydrogen-bond acceptors (Lipinski definition) is 5. The van der Waals surface area contributed by atoms with E-state index >= 15 is 0 Å². The standard InChI is InChI=1S/C28H28N2O5/c1-4-34-22-12-8-21(9-13-22)30-27(32)24-14-7-20(17-25(24)28(30)33)26(31)29-16-15-19-5-10-23(11-6-19)35-18(2)3/h5-14,17-18H,4,15-16H2,1-3H3,(H,29,31). The van der Waals surface area contributed by atoms with E-state index < -0.39 is 11.8 Å². The first-order valence-corrected chi connectivity index (χ1v) is 11.7. The third-order valence-corrected chi connectivity index (χ3v) is 5.55. The van der Waals surface area contributed by atoms with Crippen LogP contribution in [0.2, 0.25) is 0 Å². The topological polar surface area (TPSA) is 84.9 Å². The van der Waals surface area contributed by atoms with Crippen molar-refractivity contribution in [2.75, 3.05) is 18.1 Å². The van der Waals surface area contributed by atoms with Crippen LogP contribution < -0.4 is 19.7 Å². The van der Waals surface area contributed by atoms with Crippen molar-refractivity contribution in [3.8, 4) is 11.5 Å². The molecule has 0 fully saturated rings. The largest absolute Gasteiger partial charge is 0.494 e. The van der Waals surface area contributed by atoms with Crippen molar-refractivity contribution in [3.05, 3.63) is 89.0 Å². The number of imide groups is 1. The molecule has 0 aromatic heterocycles. The molecule has 7 heteroatoms. The molecular formula is C28H28N2O5. The third kappa shape index (κ3) is 5.35. The van der Waals surface area contributed by atoms with Crippen molar-refractivity contribution in [2.45, 2.75) is 33.3 Å². The van der Waals surface area contributed by atoms with E-state index in [2.05, 4.69) is 5.32 Å². The fourth-order valence-electron chi connectivity index (χ4n) is 3.90. The van der Waals surface area contributed by atoms with Gasteiger partial charge in [-0.15, -0.1) is 0 Å². The minimum atomic E-state index is -0.451. The van der Waals surface area contributed by atoms with Gasteiger partial charge in [-0.3, -0.25) is 14.4 Å². The molecule has 3 aromatic carbocycles. The maximum atomic E-state index is 13.0. The summed E-state index contributed by atoms with van der Waals surface area (Å²) in [5, 5.41) is 2.88. The van der Waals surface area contributed by atoms with Gasteiger partial charge in [0.05, 0.1) is 29.5 Å². The van der Waals surface area contributed by atoms with E-state index in [-0.39, 0.29) is 23.1 Å². The molecule has 1 N–H and O–H groups in total. The number of nitrogens with zero attached hydrogens (tertiary/aromatic N) is 1. The molecule has 1 heterocycles. The molecule has 0 bridgehead atoms. The Morgan fingerprint density at radius 1 is 0.886 bits per heavy atom. The zero-order chi connectivity index (χ0) is 24.9. The summed E-state index contributed by atoms with van der Waals surface area (Å²) in [6, 6.07) is 19.1. The number of nitrogens with one attached hydrogen (secondary N) is 1. The SMILES string of the molecule is CCOc1ccc(N2C(=O)c3ccc(C(=O)NCCc4ccc(OC(C)C)cc4)cc3C2=O)cc1. The van der Waals surface area contributed by atoms with E-state index in [0.717, 1.165) is 16.2 Å². The monoisotopic (exact) mass is 472 g/mol. The van der Waals surface area contributed by atoms with Crippen molar-refractivity contribution >= 4 is 23.4 Å². The Morgan fingerprint density at radius 3 is 2.20 bits per heavy atom. The van der Waals surface area contributed by atoms with Crippen LogP contribution in [0, 0.1) is 0 Å². The number of ether oxygens (including phenoxy) is 2. The lowest BCUT2D eigenvalue weighted by atomic mass is 10.1. The normalized spacial score (nSPS) is 12.6. The molecule has 0 saturated carbocycles. The Hall–Kier alpha value is -4.13. The third-order valence-electron chi connectivity index (χ3n) is 5.55. The van der Waals surface area contributed by atoms with Crippen LogP contribution in [0.15, 0.2) is 66.7 Å². The van der Waals surface area contributed by atoms with Crippen LogP contribution in [0.25, 0.3) is 0 Å². The van der Waals surface area contributed by atoms with E-state index in [1.807, 2.05) is 45.0 Å². The second-order valence-corrected chi connectivity index (χ2v) is 8.45. The van der Waals surface area contributed by atoms with Crippen LogP contribution in [0.3, 0.4) is 0 Å². The average Bonchev–Trinajstić information content (AvgIpc) is 3.10. The molecule has 35 heavy (non-hydrogen) atoms. The van der Waals surface area contributed by atoms with Gasteiger partial charge in [0.25, 0.3) is 17.7 Å². The summed E-state index contributed by atoms with van der Waals surface area (Å²) in [5.74, 6) is 0.307.